The third kappa shape index (κ3) is 4.06. The topological polar surface area (TPSA) is 12.0 Å². The summed E-state index contributed by atoms with van der Waals surface area (Å²) in [5.74, 6) is 2.85. The van der Waals surface area contributed by atoms with Gasteiger partial charge in [-0.25, -0.2) is 0 Å². The normalized spacial score (nSPS) is 31.5. The van der Waals surface area contributed by atoms with Gasteiger partial charge in [-0.3, -0.25) is 0 Å². The predicted octanol–water partition coefficient (Wildman–Crippen LogP) is 4.49. The average Bonchev–Trinajstić information content (AvgIpc) is 3.09. The largest absolute Gasteiger partial charge is 0.314 e. The zero-order valence-electron chi connectivity index (χ0n) is 12.1. The lowest BCUT2D eigenvalue weighted by Crippen LogP contribution is -2.33. The van der Waals surface area contributed by atoms with Crippen LogP contribution in [0.25, 0.3) is 0 Å². The summed E-state index contributed by atoms with van der Waals surface area (Å²) in [5, 5.41) is 5.98. The Kier molecular flexibility index (Phi) is 4.60. The molecular formula is C17H27NS. The molecule has 1 aromatic rings. The highest BCUT2D eigenvalue weighted by Gasteiger charge is 2.30. The molecule has 3 rings (SSSR count). The first-order chi connectivity index (χ1) is 9.31. The van der Waals surface area contributed by atoms with Crippen molar-refractivity contribution in [3.05, 3.63) is 22.4 Å². The van der Waals surface area contributed by atoms with Gasteiger partial charge in [-0.05, 0) is 74.3 Å². The second-order valence-electron chi connectivity index (χ2n) is 6.74. The SMILES string of the molecule is CC1CCC(CNC2CC2)C(CCc2cccs2)C1. The molecule has 19 heavy (non-hydrogen) atoms. The van der Waals surface area contributed by atoms with Gasteiger partial charge in [0.2, 0.25) is 0 Å². The van der Waals surface area contributed by atoms with Crippen molar-refractivity contribution in [1.29, 1.82) is 0 Å². The van der Waals surface area contributed by atoms with Crippen LogP contribution in [0.3, 0.4) is 0 Å². The maximum absolute atomic E-state index is 3.77. The lowest BCUT2D eigenvalue weighted by Gasteiger charge is -2.35. The fourth-order valence-electron chi connectivity index (χ4n) is 3.57. The van der Waals surface area contributed by atoms with Crippen molar-refractivity contribution in [3.8, 4) is 0 Å². The van der Waals surface area contributed by atoms with E-state index in [1.54, 1.807) is 4.88 Å². The smallest absolute Gasteiger partial charge is 0.00683 e. The molecule has 3 unspecified atom stereocenters. The highest BCUT2D eigenvalue weighted by Crippen LogP contribution is 2.37. The van der Waals surface area contributed by atoms with E-state index in [1.807, 2.05) is 11.3 Å². The maximum atomic E-state index is 3.77. The predicted molar refractivity (Wildman–Crippen MR) is 83.7 cm³/mol. The summed E-state index contributed by atoms with van der Waals surface area (Å²) in [6, 6.07) is 5.36. The Hall–Kier alpha value is -0.340. The van der Waals surface area contributed by atoms with Crippen LogP contribution in [-0.2, 0) is 6.42 Å². The molecule has 0 aliphatic heterocycles. The van der Waals surface area contributed by atoms with Gasteiger partial charge in [-0.1, -0.05) is 19.4 Å². The molecule has 2 aliphatic rings. The van der Waals surface area contributed by atoms with Crippen molar-refractivity contribution in [2.75, 3.05) is 6.54 Å². The van der Waals surface area contributed by atoms with E-state index in [4.69, 9.17) is 0 Å². The minimum atomic E-state index is 0.872. The van der Waals surface area contributed by atoms with Crippen LogP contribution >= 0.6 is 11.3 Å². The van der Waals surface area contributed by atoms with Gasteiger partial charge in [0.25, 0.3) is 0 Å². The Morgan fingerprint density at radius 1 is 1.21 bits per heavy atom. The van der Waals surface area contributed by atoms with Crippen LogP contribution in [0, 0.1) is 17.8 Å². The van der Waals surface area contributed by atoms with E-state index in [0.717, 1.165) is 23.8 Å². The van der Waals surface area contributed by atoms with Gasteiger partial charge in [-0.15, -0.1) is 11.3 Å². The number of thiophene rings is 1. The maximum Gasteiger partial charge on any atom is 0.00683 e. The molecule has 2 aliphatic carbocycles. The minimum Gasteiger partial charge on any atom is -0.314 e. The van der Waals surface area contributed by atoms with Crippen LogP contribution in [0.5, 0.6) is 0 Å². The summed E-state index contributed by atoms with van der Waals surface area (Å²) in [7, 11) is 0. The van der Waals surface area contributed by atoms with Gasteiger partial charge in [0, 0.05) is 10.9 Å². The van der Waals surface area contributed by atoms with Gasteiger partial charge in [-0.2, -0.15) is 0 Å². The summed E-state index contributed by atoms with van der Waals surface area (Å²) < 4.78 is 0. The first-order valence-electron chi connectivity index (χ1n) is 8.07. The molecule has 106 valence electrons. The fraction of sp³-hybridized carbons (Fsp3) is 0.765. The summed E-state index contributed by atoms with van der Waals surface area (Å²) >= 11 is 1.93. The summed E-state index contributed by atoms with van der Waals surface area (Å²) in [4.78, 5) is 1.58. The quantitative estimate of drug-likeness (QED) is 0.808. The van der Waals surface area contributed by atoms with Crippen molar-refractivity contribution < 1.29 is 0 Å². The molecule has 2 fully saturated rings. The monoisotopic (exact) mass is 277 g/mol. The standard InChI is InChI=1S/C17H27NS/c1-13-4-5-15(12-18-16-7-8-16)14(11-13)6-9-17-3-2-10-19-17/h2-3,10,13-16,18H,4-9,11-12H2,1H3. The zero-order chi connectivity index (χ0) is 13.1. The lowest BCUT2D eigenvalue weighted by atomic mass is 9.72. The Bertz CT molecular complexity index is 369. The molecule has 2 saturated carbocycles. The van der Waals surface area contributed by atoms with Gasteiger partial charge in [0.1, 0.15) is 0 Å². The highest BCUT2D eigenvalue weighted by molar-refractivity contribution is 7.09. The van der Waals surface area contributed by atoms with E-state index >= 15 is 0 Å². The van der Waals surface area contributed by atoms with Crippen LogP contribution in [0.1, 0.15) is 50.3 Å². The Balaban J connectivity index is 1.50. The molecular weight excluding hydrogens is 250 g/mol. The van der Waals surface area contributed by atoms with Crippen molar-refractivity contribution in [2.45, 2.75) is 57.9 Å². The molecule has 0 radical (unpaired) electrons. The third-order valence-corrected chi connectivity index (χ3v) is 5.93. The minimum absolute atomic E-state index is 0.872. The summed E-state index contributed by atoms with van der Waals surface area (Å²) in [5.41, 5.74) is 0. The lowest BCUT2D eigenvalue weighted by molar-refractivity contribution is 0.175. The van der Waals surface area contributed by atoms with Crippen molar-refractivity contribution in [3.63, 3.8) is 0 Å². The second-order valence-corrected chi connectivity index (χ2v) is 7.77. The van der Waals surface area contributed by atoms with E-state index in [0.29, 0.717) is 0 Å². The van der Waals surface area contributed by atoms with Crippen LogP contribution in [0.15, 0.2) is 17.5 Å². The summed E-state index contributed by atoms with van der Waals surface area (Å²) in [6.07, 6.45) is 9.91. The molecule has 0 aromatic carbocycles. The molecule has 1 nitrogen and oxygen atoms in total. The Morgan fingerprint density at radius 2 is 2.11 bits per heavy atom. The molecule has 1 heterocycles. The highest BCUT2D eigenvalue weighted by atomic mass is 32.1. The molecule has 1 aromatic heterocycles. The number of rotatable bonds is 6. The van der Waals surface area contributed by atoms with Crippen LogP contribution in [0.4, 0.5) is 0 Å². The first kappa shape index (κ1) is 13.6. The molecule has 0 spiro atoms. The Morgan fingerprint density at radius 3 is 2.84 bits per heavy atom. The zero-order valence-corrected chi connectivity index (χ0v) is 12.9. The van der Waals surface area contributed by atoms with Crippen molar-refractivity contribution in [2.24, 2.45) is 17.8 Å². The van der Waals surface area contributed by atoms with Gasteiger partial charge in [0.05, 0.1) is 0 Å². The summed E-state index contributed by atoms with van der Waals surface area (Å²) in [6.45, 7) is 3.73. The van der Waals surface area contributed by atoms with Crippen molar-refractivity contribution in [1.82, 2.24) is 5.32 Å². The van der Waals surface area contributed by atoms with Gasteiger partial charge < -0.3 is 5.32 Å². The van der Waals surface area contributed by atoms with Crippen LogP contribution in [0.2, 0.25) is 0 Å². The van der Waals surface area contributed by atoms with Gasteiger partial charge >= 0.3 is 0 Å². The average molecular weight is 277 g/mol. The number of hydrogen-bond acceptors (Lipinski definition) is 2. The van der Waals surface area contributed by atoms with E-state index in [2.05, 4.69) is 29.8 Å². The molecule has 2 heteroatoms. The van der Waals surface area contributed by atoms with Gasteiger partial charge in [0.15, 0.2) is 0 Å². The van der Waals surface area contributed by atoms with Crippen molar-refractivity contribution >= 4 is 11.3 Å². The molecule has 0 amide bonds. The van der Waals surface area contributed by atoms with E-state index < -0.39 is 0 Å². The second kappa shape index (κ2) is 6.41. The van der Waals surface area contributed by atoms with E-state index in [9.17, 15) is 0 Å². The number of nitrogens with one attached hydrogen (secondary N) is 1. The van der Waals surface area contributed by atoms with Crippen LogP contribution < -0.4 is 5.32 Å². The fourth-order valence-corrected chi connectivity index (χ4v) is 4.30. The molecule has 0 saturated heterocycles. The third-order valence-electron chi connectivity index (χ3n) is 4.99. The van der Waals surface area contributed by atoms with E-state index in [-0.39, 0.29) is 0 Å². The molecule has 3 atom stereocenters. The number of hydrogen-bond donors (Lipinski definition) is 1. The molecule has 0 bridgehead atoms. The Labute approximate surface area is 121 Å². The van der Waals surface area contributed by atoms with Crippen LogP contribution in [-0.4, -0.2) is 12.6 Å². The molecule has 1 N–H and O–H groups in total. The number of aryl methyl sites for hydroxylation is 1. The van der Waals surface area contributed by atoms with E-state index in [1.165, 1.54) is 51.5 Å². The first-order valence-corrected chi connectivity index (χ1v) is 8.95.